The number of ether oxygens (including phenoxy) is 2. The van der Waals surface area contributed by atoms with Crippen molar-refractivity contribution in [3.05, 3.63) is 41.5 Å². The number of phenolic OH excluding ortho intramolecular Hbond substituents is 1. The molecule has 1 aliphatic heterocycles. The van der Waals surface area contributed by atoms with Crippen LogP contribution in [0.1, 0.15) is 57.0 Å². The number of esters is 1. The smallest absolute Gasteiger partial charge is 0.469 e. The lowest BCUT2D eigenvalue weighted by Gasteiger charge is -2.28. The molecule has 40 heavy (non-hydrogen) atoms. The molecule has 4 atom stereocenters. The first-order valence-electron chi connectivity index (χ1n) is 12.4. The molecule has 14 heteroatoms. The van der Waals surface area contributed by atoms with E-state index in [2.05, 4.69) is 4.52 Å². The average molecular weight is 586 g/mol. The zero-order valence-electron chi connectivity index (χ0n) is 22.9. The number of aliphatic hydroxyl groups excluding tert-OH is 2. The van der Waals surface area contributed by atoms with Crippen LogP contribution in [-0.2, 0) is 23.4 Å². The first-order chi connectivity index (χ1) is 18.4. The fourth-order valence-electron chi connectivity index (χ4n) is 3.53. The number of hydrogen-bond donors (Lipinski definition) is 5. The standard InChI is InChI=1S/C26H36NO12P/c1-15-9-10-20(29)23(31)19(28)8-6-7-17-13-18(14-21(30)22(17)24(32)38-16(15)2)27(11-12-37-40(34,35)36)25(33)39-26(3,4)5/h6-7,9-10,13-16,19,23,28,30-31H,8,11-12H2,1-5H3,(H2,34,35,36)/b7-6+,10-9-/t15-,16+,19+,23+/m1/s1. The second-order valence-corrected chi connectivity index (χ2v) is 11.5. The third kappa shape index (κ3) is 9.84. The number of phosphoric acid groups is 1. The summed E-state index contributed by atoms with van der Waals surface area (Å²) < 4.78 is 26.5. The van der Waals surface area contributed by atoms with Crippen molar-refractivity contribution >= 4 is 37.4 Å². The molecular weight excluding hydrogens is 549 g/mol. The summed E-state index contributed by atoms with van der Waals surface area (Å²) in [6.45, 7) is 7.06. The number of cyclic esters (lactones) is 1. The van der Waals surface area contributed by atoms with Crippen LogP contribution in [0.25, 0.3) is 6.08 Å². The van der Waals surface area contributed by atoms with E-state index in [9.17, 15) is 34.3 Å². The number of ketones is 1. The number of phenols is 1. The van der Waals surface area contributed by atoms with Gasteiger partial charge in [-0.15, -0.1) is 0 Å². The Kier molecular flexibility index (Phi) is 11.2. The molecule has 1 heterocycles. The molecule has 0 spiro atoms. The zero-order chi connectivity index (χ0) is 30.4. The first kappa shape index (κ1) is 33.1. The molecule has 5 N–H and O–H groups in total. The number of nitrogens with zero attached hydrogens (tertiary/aromatic N) is 1. The second kappa shape index (κ2) is 13.5. The van der Waals surface area contributed by atoms with Crippen LogP contribution in [-0.4, -0.2) is 80.0 Å². The highest BCUT2D eigenvalue weighted by Crippen LogP contribution is 2.36. The maximum Gasteiger partial charge on any atom is 0.469 e. The van der Waals surface area contributed by atoms with Gasteiger partial charge in [0.25, 0.3) is 0 Å². The molecule has 0 saturated carbocycles. The van der Waals surface area contributed by atoms with Gasteiger partial charge in [0.15, 0.2) is 5.78 Å². The van der Waals surface area contributed by atoms with E-state index in [0.29, 0.717) is 0 Å². The minimum Gasteiger partial charge on any atom is -0.507 e. The van der Waals surface area contributed by atoms with Crippen LogP contribution in [0.2, 0.25) is 0 Å². The van der Waals surface area contributed by atoms with E-state index in [-0.39, 0.29) is 23.2 Å². The Hall–Kier alpha value is -3.06. The Bertz CT molecular complexity index is 1200. The molecular formula is C26H36NO12P. The van der Waals surface area contributed by atoms with Gasteiger partial charge in [-0.3, -0.25) is 14.2 Å². The number of fused-ring (bicyclic) bond motifs is 1. The highest BCUT2D eigenvalue weighted by atomic mass is 31.2. The normalized spacial score (nSPS) is 24.3. The number of carbonyl (C=O) groups is 3. The van der Waals surface area contributed by atoms with Gasteiger partial charge in [0.1, 0.15) is 29.1 Å². The fraction of sp³-hybridized carbons (Fsp3) is 0.500. The van der Waals surface area contributed by atoms with E-state index < -0.39 is 74.4 Å². The van der Waals surface area contributed by atoms with E-state index in [0.717, 1.165) is 17.0 Å². The molecule has 0 aromatic heterocycles. The molecule has 1 aliphatic rings. The van der Waals surface area contributed by atoms with Gasteiger partial charge in [-0.25, -0.2) is 14.2 Å². The number of carbonyl (C=O) groups excluding carboxylic acids is 3. The minimum absolute atomic E-state index is 0.0153. The topological polar surface area (TPSA) is 200 Å². The summed E-state index contributed by atoms with van der Waals surface area (Å²) in [4.78, 5) is 57.3. The van der Waals surface area contributed by atoms with Gasteiger partial charge in [-0.05, 0) is 51.8 Å². The quantitative estimate of drug-likeness (QED) is 0.250. The van der Waals surface area contributed by atoms with Gasteiger partial charge in [0.2, 0.25) is 0 Å². The number of rotatable bonds is 5. The molecule has 0 saturated heterocycles. The summed E-state index contributed by atoms with van der Waals surface area (Å²) in [6.07, 6.45) is 0.141. The summed E-state index contributed by atoms with van der Waals surface area (Å²) in [5.74, 6) is -2.69. The maximum atomic E-state index is 13.1. The number of aromatic hydroxyl groups is 1. The van der Waals surface area contributed by atoms with Gasteiger partial charge in [0, 0.05) is 12.0 Å². The molecule has 222 valence electrons. The predicted molar refractivity (Wildman–Crippen MR) is 144 cm³/mol. The highest BCUT2D eigenvalue weighted by Gasteiger charge is 2.29. The summed E-state index contributed by atoms with van der Waals surface area (Å²) in [7, 11) is -4.85. The molecule has 1 aromatic rings. The fourth-order valence-corrected chi connectivity index (χ4v) is 3.85. The molecule has 13 nitrogen and oxygen atoms in total. The van der Waals surface area contributed by atoms with Crippen molar-refractivity contribution in [3.8, 4) is 5.75 Å². The lowest BCUT2D eigenvalue weighted by Crippen LogP contribution is -2.39. The molecule has 1 amide bonds. The summed E-state index contributed by atoms with van der Waals surface area (Å²) in [6, 6.07) is 2.41. The molecule has 0 aliphatic carbocycles. The highest BCUT2D eigenvalue weighted by molar-refractivity contribution is 7.46. The number of aliphatic hydroxyl groups is 2. The molecule has 0 bridgehead atoms. The number of anilines is 1. The third-order valence-electron chi connectivity index (χ3n) is 5.77. The van der Waals surface area contributed by atoms with Gasteiger partial charge in [-0.1, -0.05) is 25.2 Å². The summed E-state index contributed by atoms with van der Waals surface area (Å²) in [5.41, 5.74) is -1.18. The predicted octanol–water partition coefficient (Wildman–Crippen LogP) is 2.69. The Morgan fingerprint density at radius 2 is 1.80 bits per heavy atom. The Morgan fingerprint density at radius 3 is 2.40 bits per heavy atom. The Balaban J connectivity index is 2.60. The second-order valence-electron chi connectivity index (χ2n) is 10.3. The van der Waals surface area contributed by atoms with Crippen molar-refractivity contribution in [2.75, 3.05) is 18.1 Å². The first-order valence-corrected chi connectivity index (χ1v) is 14.0. The lowest BCUT2D eigenvalue weighted by molar-refractivity contribution is -0.127. The van der Waals surface area contributed by atoms with Crippen molar-refractivity contribution in [3.63, 3.8) is 0 Å². The van der Waals surface area contributed by atoms with Crippen LogP contribution in [0.4, 0.5) is 10.5 Å². The van der Waals surface area contributed by atoms with Crippen LogP contribution in [0.3, 0.4) is 0 Å². The van der Waals surface area contributed by atoms with Gasteiger partial charge < -0.3 is 34.6 Å². The average Bonchev–Trinajstić information content (AvgIpc) is 2.81. The van der Waals surface area contributed by atoms with Gasteiger partial charge >= 0.3 is 19.9 Å². The van der Waals surface area contributed by atoms with Crippen molar-refractivity contribution in [1.29, 1.82) is 0 Å². The SMILES string of the molecule is C[C@@H]1/C=C\C(=O)[C@@H](O)[C@@H](O)C/C=C/c2cc(N(CCOP(=O)(O)O)C(=O)OC(C)(C)C)cc(O)c2C(=O)O[C@H]1C. The number of hydrogen-bond acceptors (Lipinski definition) is 10. The molecule has 2 rings (SSSR count). The monoisotopic (exact) mass is 585 g/mol. The molecule has 0 fully saturated rings. The Morgan fingerprint density at radius 1 is 1.15 bits per heavy atom. The van der Waals surface area contributed by atoms with Crippen molar-refractivity contribution in [2.45, 2.75) is 65.0 Å². The summed E-state index contributed by atoms with van der Waals surface area (Å²) in [5, 5.41) is 31.3. The van der Waals surface area contributed by atoms with E-state index in [1.807, 2.05) is 0 Å². The largest absolute Gasteiger partial charge is 0.507 e. The lowest BCUT2D eigenvalue weighted by atomic mass is 9.99. The molecule has 0 radical (unpaired) electrons. The number of phosphoric ester groups is 1. The van der Waals surface area contributed by atoms with Crippen LogP contribution in [0, 0.1) is 5.92 Å². The molecule has 0 unspecified atom stereocenters. The number of benzene rings is 1. The van der Waals surface area contributed by atoms with Crippen molar-refractivity contribution in [1.82, 2.24) is 0 Å². The molecule has 1 aromatic carbocycles. The van der Waals surface area contributed by atoms with E-state index >= 15 is 0 Å². The van der Waals surface area contributed by atoms with Crippen LogP contribution in [0.15, 0.2) is 30.4 Å². The minimum atomic E-state index is -4.85. The van der Waals surface area contributed by atoms with Crippen LogP contribution in [0.5, 0.6) is 5.75 Å². The van der Waals surface area contributed by atoms with Gasteiger partial charge in [0.05, 0.1) is 24.9 Å². The summed E-state index contributed by atoms with van der Waals surface area (Å²) >= 11 is 0. The van der Waals surface area contributed by atoms with E-state index in [1.54, 1.807) is 34.6 Å². The third-order valence-corrected chi connectivity index (χ3v) is 6.28. The van der Waals surface area contributed by atoms with E-state index in [4.69, 9.17) is 19.3 Å². The number of amides is 1. The maximum absolute atomic E-state index is 13.1. The van der Waals surface area contributed by atoms with Gasteiger partial charge in [-0.2, -0.15) is 0 Å². The van der Waals surface area contributed by atoms with Crippen LogP contribution < -0.4 is 4.90 Å². The van der Waals surface area contributed by atoms with Crippen molar-refractivity contribution < 1.29 is 58.1 Å². The van der Waals surface area contributed by atoms with E-state index in [1.165, 1.54) is 24.3 Å². The Labute approximate surface area is 231 Å². The zero-order valence-corrected chi connectivity index (χ0v) is 23.8. The van der Waals surface area contributed by atoms with Crippen molar-refractivity contribution in [2.24, 2.45) is 5.92 Å². The van der Waals surface area contributed by atoms with Crippen LogP contribution >= 0.6 is 7.82 Å².